The lowest BCUT2D eigenvalue weighted by atomic mass is 9.91. The highest BCUT2D eigenvalue weighted by Crippen LogP contribution is 2.43. The van der Waals surface area contributed by atoms with Crippen LogP contribution in [0.25, 0.3) is 11.1 Å². The van der Waals surface area contributed by atoms with Gasteiger partial charge in [0.25, 0.3) is 0 Å². The molecule has 144 valence electrons. The van der Waals surface area contributed by atoms with Gasteiger partial charge in [-0.15, -0.1) is 0 Å². The third-order valence-corrected chi connectivity index (χ3v) is 4.92. The number of pyridine rings is 1. The summed E-state index contributed by atoms with van der Waals surface area (Å²) in [5.74, 6) is 1.71. The number of aromatic nitrogens is 4. The molecule has 0 aliphatic heterocycles. The molecule has 1 aromatic carbocycles. The van der Waals surface area contributed by atoms with Crippen molar-refractivity contribution in [2.75, 3.05) is 12.8 Å². The Kier molecular flexibility index (Phi) is 6.11. The van der Waals surface area contributed by atoms with E-state index in [1.165, 1.54) is 0 Å². The van der Waals surface area contributed by atoms with E-state index < -0.39 is 0 Å². The number of nitrogen functional groups attached to an aromatic ring is 1. The number of ether oxygens (including phenoxy) is 1. The van der Waals surface area contributed by atoms with Crippen LogP contribution in [0.2, 0.25) is 5.02 Å². The van der Waals surface area contributed by atoms with Crippen molar-refractivity contribution in [2.45, 2.75) is 19.8 Å². The van der Waals surface area contributed by atoms with E-state index in [1.54, 1.807) is 44.2 Å². The van der Waals surface area contributed by atoms with Gasteiger partial charge in [-0.05, 0) is 30.7 Å². The summed E-state index contributed by atoms with van der Waals surface area (Å²) in [5, 5.41) is 0.656. The summed E-state index contributed by atoms with van der Waals surface area (Å²) in [7, 11) is 1.66. The van der Waals surface area contributed by atoms with Gasteiger partial charge >= 0.3 is 0 Å². The van der Waals surface area contributed by atoms with Crippen molar-refractivity contribution in [2.24, 2.45) is 0 Å². The highest BCUT2D eigenvalue weighted by atomic mass is 35.5. The van der Waals surface area contributed by atoms with Gasteiger partial charge in [-0.3, -0.25) is 4.98 Å². The first-order chi connectivity index (χ1) is 13.5. The molecule has 0 aliphatic rings. The predicted molar refractivity (Wildman–Crippen MR) is 112 cm³/mol. The molecule has 3 aromatic rings. The van der Waals surface area contributed by atoms with Crippen LogP contribution in [0.1, 0.15) is 29.8 Å². The number of anilines is 1. The summed E-state index contributed by atoms with van der Waals surface area (Å²) >= 11 is 6.59. The Labute approximate surface area is 169 Å². The fourth-order valence-electron chi connectivity index (χ4n) is 3.05. The van der Waals surface area contributed by atoms with Crippen molar-refractivity contribution in [1.29, 1.82) is 0 Å². The van der Waals surface area contributed by atoms with Crippen molar-refractivity contribution in [3.8, 4) is 16.9 Å². The lowest BCUT2D eigenvalue weighted by Gasteiger charge is -2.21. The van der Waals surface area contributed by atoms with Gasteiger partial charge < -0.3 is 15.5 Å². The zero-order valence-electron chi connectivity index (χ0n) is 16.0. The Morgan fingerprint density at radius 1 is 1.18 bits per heavy atom. The van der Waals surface area contributed by atoms with Crippen LogP contribution in [0.15, 0.2) is 55.2 Å². The third kappa shape index (κ3) is 4.07. The first kappa shape index (κ1) is 19.6. The van der Waals surface area contributed by atoms with Gasteiger partial charge in [0.2, 0.25) is 0 Å². The van der Waals surface area contributed by atoms with Crippen molar-refractivity contribution >= 4 is 17.4 Å². The van der Waals surface area contributed by atoms with Gasteiger partial charge in [0.15, 0.2) is 0 Å². The zero-order valence-corrected chi connectivity index (χ0v) is 16.7. The van der Waals surface area contributed by atoms with E-state index in [0.29, 0.717) is 16.7 Å². The number of H-pyrrole nitrogens is 1. The largest absolute Gasteiger partial charge is 0.496 e. The summed E-state index contributed by atoms with van der Waals surface area (Å²) in [6.45, 7) is 4.01. The fraction of sp³-hybridized carbons (Fsp3) is 0.190. The van der Waals surface area contributed by atoms with Crippen LogP contribution in [0.3, 0.4) is 0 Å². The summed E-state index contributed by atoms with van der Waals surface area (Å²) in [5.41, 5.74) is 9.46. The molecular formula is C21H22ClN5O. The fourth-order valence-corrected chi connectivity index (χ4v) is 3.26. The Morgan fingerprint density at radius 2 is 2.00 bits per heavy atom. The zero-order chi connectivity index (χ0) is 20.1. The molecule has 0 spiro atoms. The van der Waals surface area contributed by atoms with Crippen LogP contribution >= 0.6 is 11.6 Å². The average Bonchev–Trinajstić information content (AvgIpc) is 2.81. The standard InChI is InChI=1S/C21H22ClN5O/c1-13(21-26-8-6-18(23)25-9-10-27-21)16-11-17(22)14(2)19(20(16)28-3)15-5-4-7-24-12-15/h4-13H,1-3H3,(H2,23,25)(H,26,27). The highest BCUT2D eigenvalue weighted by Gasteiger charge is 2.22. The molecular weight excluding hydrogens is 374 g/mol. The first-order valence-corrected chi connectivity index (χ1v) is 9.17. The third-order valence-electron chi connectivity index (χ3n) is 4.52. The summed E-state index contributed by atoms with van der Waals surface area (Å²) in [6.07, 6.45) is 8.45. The number of benzene rings is 1. The molecule has 28 heavy (non-hydrogen) atoms. The molecule has 0 fully saturated rings. The summed E-state index contributed by atoms with van der Waals surface area (Å²) < 4.78 is 5.83. The van der Waals surface area contributed by atoms with Crippen molar-refractivity contribution in [3.63, 3.8) is 0 Å². The molecule has 0 radical (unpaired) electrons. The number of hydrogen-bond donors (Lipinski definition) is 2. The topological polar surface area (TPSA) is 89.7 Å². The molecule has 1 atom stereocenters. The van der Waals surface area contributed by atoms with Gasteiger partial charge in [0, 0.05) is 58.6 Å². The molecule has 3 N–H and O–H groups in total. The van der Waals surface area contributed by atoms with Crippen LogP contribution in [-0.4, -0.2) is 27.0 Å². The maximum atomic E-state index is 6.59. The first-order valence-electron chi connectivity index (χ1n) is 8.79. The lowest BCUT2D eigenvalue weighted by Crippen LogP contribution is -2.05. The lowest BCUT2D eigenvalue weighted by molar-refractivity contribution is 0.409. The van der Waals surface area contributed by atoms with Crippen LogP contribution in [0.4, 0.5) is 5.82 Å². The summed E-state index contributed by atoms with van der Waals surface area (Å²) in [4.78, 5) is 16.0. The van der Waals surface area contributed by atoms with Crippen molar-refractivity contribution < 1.29 is 4.74 Å². The van der Waals surface area contributed by atoms with E-state index in [0.717, 1.165) is 28.0 Å². The van der Waals surface area contributed by atoms with E-state index in [2.05, 4.69) is 19.9 Å². The number of nitrogens with two attached hydrogens (primary N) is 1. The highest BCUT2D eigenvalue weighted by molar-refractivity contribution is 6.32. The maximum Gasteiger partial charge on any atom is 0.131 e. The number of nitrogens with one attached hydrogen (secondary N) is 1. The molecule has 1 unspecified atom stereocenters. The Hall–Kier alpha value is -3.12. The minimum absolute atomic E-state index is 0.128. The smallest absolute Gasteiger partial charge is 0.131 e. The van der Waals surface area contributed by atoms with E-state index in [4.69, 9.17) is 22.1 Å². The molecule has 0 amide bonds. The van der Waals surface area contributed by atoms with Gasteiger partial charge in [0.05, 0.1) is 7.11 Å². The molecule has 2 heterocycles. The van der Waals surface area contributed by atoms with Crippen molar-refractivity contribution in [3.05, 3.63) is 77.2 Å². The number of hydrogen-bond acceptors (Lipinski definition) is 5. The number of aromatic amines is 1. The molecule has 0 saturated heterocycles. The Morgan fingerprint density at radius 3 is 2.71 bits per heavy atom. The van der Waals surface area contributed by atoms with E-state index in [-0.39, 0.29) is 5.92 Å². The molecule has 0 saturated carbocycles. The second-order valence-corrected chi connectivity index (χ2v) is 6.70. The van der Waals surface area contributed by atoms with E-state index in [1.807, 2.05) is 32.0 Å². The Balaban J connectivity index is 2.21. The molecule has 2 aromatic heterocycles. The van der Waals surface area contributed by atoms with Gasteiger partial charge in [0.1, 0.15) is 17.4 Å². The second kappa shape index (κ2) is 8.71. The van der Waals surface area contributed by atoms with Crippen LogP contribution < -0.4 is 10.5 Å². The Bertz CT molecular complexity index is 1020. The second-order valence-electron chi connectivity index (χ2n) is 6.29. The summed E-state index contributed by atoms with van der Waals surface area (Å²) in [6, 6.07) is 7.45. The minimum atomic E-state index is -0.128. The maximum absolute atomic E-state index is 6.59. The molecule has 0 aliphatic carbocycles. The quantitative estimate of drug-likeness (QED) is 0.668. The van der Waals surface area contributed by atoms with E-state index in [9.17, 15) is 0 Å². The number of halogens is 1. The number of methoxy groups -OCH3 is 1. The molecule has 0 bridgehead atoms. The van der Waals surface area contributed by atoms with Gasteiger partial charge in [-0.2, -0.15) is 0 Å². The molecule has 3 rings (SSSR count). The predicted octanol–water partition coefficient (Wildman–Crippen LogP) is 4.70. The number of nitrogens with zero attached hydrogens (tertiary/aromatic N) is 3. The SMILES string of the molecule is COc1c(C(C)c2nccc(N)ncc[nH]2)cc(Cl)c(C)c1-c1cccnc1. The van der Waals surface area contributed by atoms with Crippen molar-refractivity contribution in [1.82, 2.24) is 19.9 Å². The minimum Gasteiger partial charge on any atom is -0.496 e. The van der Waals surface area contributed by atoms with E-state index >= 15 is 0 Å². The van der Waals surface area contributed by atoms with Gasteiger partial charge in [-0.25, -0.2) is 9.97 Å². The van der Waals surface area contributed by atoms with Gasteiger partial charge in [-0.1, -0.05) is 24.6 Å². The van der Waals surface area contributed by atoms with Crippen LogP contribution in [0.5, 0.6) is 5.75 Å². The average molecular weight is 396 g/mol. The van der Waals surface area contributed by atoms with Crippen LogP contribution in [0, 0.1) is 6.92 Å². The monoisotopic (exact) mass is 395 g/mol. The van der Waals surface area contributed by atoms with Crippen LogP contribution in [-0.2, 0) is 0 Å². The molecule has 6 nitrogen and oxygen atoms in total. The molecule has 7 heteroatoms. The number of rotatable bonds is 4. The normalized spacial score (nSPS) is 11.6.